The van der Waals surface area contributed by atoms with Crippen LogP contribution in [0.1, 0.15) is 10.4 Å². The van der Waals surface area contributed by atoms with Gasteiger partial charge in [-0.05, 0) is 42.5 Å². The van der Waals surface area contributed by atoms with Crippen molar-refractivity contribution >= 4 is 23.0 Å². The van der Waals surface area contributed by atoms with Crippen LogP contribution in [0.25, 0.3) is 0 Å². The van der Waals surface area contributed by atoms with Gasteiger partial charge in [0.1, 0.15) is 5.82 Å². The molecule has 1 aliphatic heterocycles. The molecule has 0 atom stereocenters. The van der Waals surface area contributed by atoms with Gasteiger partial charge in [-0.3, -0.25) is 0 Å². The number of benzene rings is 2. The van der Waals surface area contributed by atoms with E-state index in [0.717, 1.165) is 37.6 Å². The van der Waals surface area contributed by atoms with Crippen molar-refractivity contribution < 1.29 is 13.9 Å². The number of nitrogens with two attached hydrogens (primary N) is 1. The minimum absolute atomic E-state index is 0.226. The average molecular weight is 329 g/mol. The molecule has 5 nitrogen and oxygen atoms in total. The van der Waals surface area contributed by atoms with E-state index in [2.05, 4.69) is 9.80 Å². The van der Waals surface area contributed by atoms with Gasteiger partial charge in [-0.1, -0.05) is 0 Å². The standard InChI is InChI=1S/C18H20FN3O2/c1-24-18(23)13-2-7-17(16(20)12-13)22-10-8-21(9-11-22)15-5-3-14(19)4-6-15/h2-7,12H,8-11,20H2,1H3. The number of nitrogen functional groups attached to an aromatic ring is 1. The van der Waals surface area contributed by atoms with Crippen molar-refractivity contribution in [1.82, 2.24) is 0 Å². The summed E-state index contributed by atoms with van der Waals surface area (Å²) < 4.78 is 17.7. The molecule has 1 aliphatic rings. The van der Waals surface area contributed by atoms with Crippen molar-refractivity contribution in [3.05, 3.63) is 53.8 Å². The molecule has 1 saturated heterocycles. The summed E-state index contributed by atoms with van der Waals surface area (Å²) in [5.74, 6) is -0.620. The summed E-state index contributed by atoms with van der Waals surface area (Å²) in [4.78, 5) is 16.0. The summed E-state index contributed by atoms with van der Waals surface area (Å²) in [6.07, 6.45) is 0. The summed E-state index contributed by atoms with van der Waals surface area (Å²) in [7, 11) is 1.35. The molecule has 0 unspecified atom stereocenters. The predicted molar refractivity (Wildman–Crippen MR) is 93.0 cm³/mol. The average Bonchev–Trinajstić information content (AvgIpc) is 2.62. The maximum absolute atomic E-state index is 13.0. The van der Waals surface area contributed by atoms with Gasteiger partial charge >= 0.3 is 5.97 Å². The Morgan fingerprint density at radius 3 is 2.25 bits per heavy atom. The highest BCUT2D eigenvalue weighted by Crippen LogP contribution is 2.27. The molecule has 3 rings (SSSR count). The fourth-order valence-electron chi connectivity index (χ4n) is 2.94. The van der Waals surface area contributed by atoms with Gasteiger partial charge in [-0.2, -0.15) is 0 Å². The molecule has 0 radical (unpaired) electrons. The van der Waals surface area contributed by atoms with Crippen LogP contribution in [0.15, 0.2) is 42.5 Å². The molecule has 0 saturated carbocycles. The van der Waals surface area contributed by atoms with Crippen molar-refractivity contribution in [2.45, 2.75) is 0 Å². The minimum Gasteiger partial charge on any atom is -0.465 e. The highest BCUT2D eigenvalue weighted by atomic mass is 19.1. The maximum atomic E-state index is 13.0. The lowest BCUT2D eigenvalue weighted by atomic mass is 10.1. The zero-order valence-corrected chi connectivity index (χ0v) is 13.5. The minimum atomic E-state index is -0.394. The van der Waals surface area contributed by atoms with Crippen LogP contribution < -0.4 is 15.5 Å². The number of hydrogen-bond donors (Lipinski definition) is 1. The summed E-state index contributed by atoms with van der Waals surface area (Å²) in [5.41, 5.74) is 9.05. The molecule has 1 heterocycles. The van der Waals surface area contributed by atoms with Crippen molar-refractivity contribution in [2.75, 3.05) is 48.8 Å². The molecule has 0 bridgehead atoms. The number of ether oxygens (including phenoxy) is 1. The number of halogens is 1. The Balaban J connectivity index is 1.68. The molecule has 126 valence electrons. The molecule has 6 heteroatoms. The number of piperazine rings is 1. The van der Waals surface area contributed by atoms with Crippen LogP contribution in [0.5, 0.6) is 0 Å². The first-order valence-corrected chi connectivity index (χ1v) is 7.82. The van der Waals surface area contributed by atoms with Crippen LogP contribution in [0, 0.1) is 5.82 Å². The van der Waals surface area contributed by atoms with Gasteiger partial charge in [0, 0.05) is 31.9 Å². The van der Waals surface area contributed by atoms with Crippen LogP contribution in [0.2, 0.25) is 0 Å². The van der Waals surface area contributed by atoms with E-state index in [9.17, 15) is 9.18 Å². The largest absolute Gasteiger partial charge is 0.465 e. The summed E-state index contributed by atoms with van der Waals surface area (Å²) >= 11 is 0. The lowest BCUT2D eigenvalue weighted by molar-refractivity contribution is 0.0601. The Bertz CT molecular complexity index is 726. The van der Waals surface area contributed by atoms with E-state index in [1.54, 1.807) is 24.3 Å². The van der Waals surface area contributed by atoms with E-state index in [4.69, 9.17) is 10.5 Å². The summed E-state index contributed by atoms with van der Waals surface area (Å²) in [6, 6.07) is 11.8. The van der Waals surface area contributed by atoms with Gasteiger partial charge in [0.15, 0.2) is 0 Å². The SMILES string of the molecule is COC(=O)c1ccc(N2CCN(c3ccc(F)cc3)CC2)c(N)c1. The molecule has 2 aromatic carbocycles. The van der Waals surface area contributed by atoms with Gasteiger partial charge in [0.05, 0.1) is 24.0 Å². The van der Waals surface area contributed by atoms with Crippen LogP contribution in [-0.2, 0) is 4.74 Å². The summed E-state index contributed by atoms with van der Waals surface area (Å²) in [5, 5.41) is 0. The number of rotatable bonds is 3. The van der Waals surface area contributed by atoms with Gasteiger partial charge in [-0.25, -0.2) is 9.18 Å². The Morgan fingerprint density at radius 2 is 1.67 bits per heavy atom. The second-order valence-corrected chi connectivity index (χ2v) is 5.72. The van der Waals surface area contributed by atoms with Crippen molar-refractivity contribution in [2.24, 2.45) is 0 Å². The molecular weight excluding hydrogens is 309 g/mol. The van der Waals surface area contributed by atoms with E-state index in [-0.39, 0.29) is 5.82 Å². The third-order valence-electron chi connectivity index (χ3n) is 4.26. The first-order chi connectivity index (χ1) is 11.6. The number of esters is 1. The Labute approximate surface area is 140 Å². The lowest BCUT2D eigenvalue weighted by Gasteiger charge is -2.37. The smallest absolute Gasteiger partial charge is 0.337 e. The monoisotopic (exact) mass is 329 g/mol. The van der Waals surface area contributed by atoms with Crippen molar-refractivity contribution in [3.63, 3.8) is 0 Å². The van der Waals surface area contributed by atoms with E-state index >= 15 is 0 Å². The number of methoxy groups -OCH3 is 1. The Hall–Kier alpha value is -2.76. The lowest BCUT2D eigenvalue weighted by Crippen LogP contribution is -2.46. The molecule has 0 aromatic heterocycles. The third-order valence-corrected chi connectivity index (χ3v) is 4.26. The first kappa shape index (κ1) is 16.1. The Morgan fingerprint density at radius 1 is 1.04 bits per heavy atom. The number of anilines is 3. The van der Waals surface area contributed by atoms with Gasteiger partial charge in [0.2, 0.25) is 0 Å². The van der Waals surface area contributed by atoms with Crippen molar-refractivity contribution in [3.8, 4) is 0 Å². The highest BCUT2D eigenvalue weighted by molar-refractivity contribution is 5.92. The Kier molecular flexibility index (Phi) is 4.55. The highest BCUT2D eigenvalue weighted by Gasteiger charge is 2.20. The number of carbonyl (C=O) groups is 1. The van der Waals surface area contributed by atoms with Crippen molar-refractivity contribution in [1.29, 1.82) is 0 Å². The second-order valence-electron chi connectivity index (χ2n) is 5.72. The molecule has 1 fully saturated rings. The van der Waals surface area contributed by atoms with Crippen LogP contribution >= 0.6 is 0 Å². The fourth-order valence-corrected chi connectivity index (χ4v) is 2.94. The fraction of sp³-hybridized carbons (Fsp3) is 0.278. The van der Waals surface area contributed by atoms with E-state index in [0.29, 0.717) is 11.3 Å². The first-order valence-electron chi connectivity index (χ1n) is 7.82. The van der Waals surface area contributed by atoms with Gasteiger partial charge in [0.25, 0.3) is 0 Å². The number of carbonyl (C=O) groups excluding carboxylic acids is 1. The molecule has 2 aromatic rings. The van der Waals surface area contributed by atoms with E-state index in [1.807, 2.05) is 6.07 Å². The normalized spacial score (nSPS) is 14.6. The van der Waals surface area contributed by atoms with E-state index in [1.165, 1.54) is 19.2 Å². The second kappa shape index (κ2) is 6.78. The maximum Gasteiger partial charge on any atom is 0.337 e. The molecule has 0 spiro atoms. The van der Waals surface area contributed by atoms with Gasteiger partial charge in [-0.15, -0.1) is 0 Å². The molecule has 0 aliphatic carbocycles. The number of nitrogens with zero attached hydrogens (tertiary/aromatic N) is 2. The molecule has 2 N–H and O–H groups in total. The number of hydrogen-bond acceptors (Lipinski definition) is 5. The molecular formula is C18H20FN3O2. The molecule has 0 amide bonds. The van der Waals surface area contributed by atoms with Crippen LogP contribution in [0.3, 0.4) is 0 Å². The third kappa shape index (κ3) is 3.27. The zero-order valence-electron chi connectivity index (χ0n) is 13.5. The predicted octanol–water partition coefficient (Wildman–Crippen LogP) is 2.52. The van der Waals surface area contributed by atoms with Crippen LogP contribution in [-0.4, -0.2) is 39.3 Å². The quantitative estimate of drug-likeness (QED) is 0.693. The van der Waals surface area contributed by atoms with E-state index < -0.39 is 5.97 Å². The topological polar surface area (TPSA) is 58.8 Å². The molecule has 24 heavy (non-hydrogen) atoms. The summed E-state index contributed by atoms with van der Waals surface area (Å²) in [6.45, 7) is 3.26. The van der Waals surface area contributed by atoms with Crippen LogP contribution in [0.4, 0.5) is 21.5 Å². The van der Waals surface area contributed by atoms with Gasteiger partial charge < -0.3 is 20.3 Å². The zero-order chi connectivity index (χ0) is 17.1.